The molecule has 0 spiro atoms. The molecule has 2 aromatic rings. The average molecular weight is 323 g/mol. The van der Waals surface area contributed by atoms with E-state index in [0.29, 0.717) is 31.6 Å². The third-order valence-electron chi connectivity index (χ3n) is 4.27. The largest absolute Gasteiger partial charge is 0.340 e. The zero-order chi connectivity index (χ0) is 16.9. The standard InChI is InChI=1S/C19H21N3O2/c20-12-14-6-8-16(9-7-14)18(23)21-17-10-11-22(19(17)24)13-15-4-2-1-3-5-15/h1-9,17H,10-13,20H2,(H,21,23). The highest BCUT2D eigenvalue weighted by molar-refractivity contribution is 5.98. The number of nitrogens with two attached hydrogens (primary N) is 1. The number of benzene rings is 2. The number of amides is 2. The van der Waals surface area contributed by atoms with Gasteiger partial charge in [-0.25, -0.2) is 0 Å². The molecule has 5 nitrogen and oxygen atoms in total. The van der Waals surface area contributed by atoms with E-state index in [1.54, 1.807) is 17.0 Å². The number of rotatable bonds is 5. The predicted octanol–water partition coefficient (Wildman–Crippen LogP) is 1.68. The molecule has 1 aliphatic rings. The molecule has 2 amide bonds. The van der Waals surface area contributed by atoms with Crippen molar-refractivity contribution in [3.63, 3.8) is 0 Å². The number of nitrogens with zero attached hydrogens (tertiary/aromatic N) is 1. The molecule has 5 heteroatoms. The molecule has 0 saturated carbocycles. The lowest BCUT2D eigenvalue weighted by atomic mass is 10.1. The van der Waals surface area contributed by atoms with Gasteiger partial charge in [0.15, 0.2) is 0 Å². The first-order valence-corrected chi connectivity index (χ1v) is 8.10. The van der Waals surface area contributed by atoms with Gasteiger partial charge in [-0.2, -0.15) is 0 Å². The van der Waals surface area contributed by atoms with E-state index < -0.39 is 6.04 Å². The number of carbonyl (C=O) groups is 2. The Morgan fingerprint density at radius 3 is 2.46 bits per heavy atom. The summed E-state index contributed by atoms with van der Waals surface area (Å²) in [5.41, 5.74) is 8.16. The average Bonchev–Trinajstić information content (AvgIpc) is 2.96. The van der Waals surface area contributed by atoms with Crippen LogP contribution in [0, 0.1) is 0 Å². The van der Waals surface area contributed by atoms with Crippen molar-refractivity contribution >= 4 is 11.8 Å². The SMILES string of the molecule is NCc1ccc(C(=O)NC2CCN(Cc3ccccc3)C2=O)cc1. The first-order valence-electron chi connectivity index (χ1n) is 8.10. The summed E-state index contributed by atoms with van der Waals surface area (Å²) >= 11 is 0. The van der Waals surface area contributed by atoms with Crippen molar-refractivity contribution in [2.75, 3.05) is 6.54 Å². The maximum absolute atomic E-state index is 12.5. The van der Waals surface area contributed by atoms with Crippen LogP contribution in [0.4, 0.5) is 0 Å². The molecule has 24 heavy (non-hydrogen) atoms. The highest BCUT2D eigenvalue weighted by atomic mass is 16.2. The zero-order valence-electron chi connectivity index (χ0n) is 13.4. The number of nitrogens with one attached hydrogen (secondary N) is 1. The van der Waals surface area contributed by atoms with Crippen LogP contribution in [0.2, 0.25) is 0 Å². The molecular weight excluding hydrogens is 302 g/mol. The lowest BCUT2D eigenvalue weighted by Crippen LogP contribution is -2.41. The number of hydrogen-bond acceptors (Lipinski definition) is 3. The Kier molecular flexibility index (Phi) is 4.91. The molecule has 0 aromatic heterocycles. The van der Waals surface area contributed by atoms with Crippen molar-refractivity contribution in [2.24, 2.45) is 5.73 Å². The third kappa shape index (κ3) is 3.63. The van der Waals surface area contributed by atoms with Crippen molar-refractivity contribution in [3.8, 4) is 0 Å². The maximum atomic E-state index is 12.5. The molecule has 1 atom stereocenters. The van der Waals surface area contributed by atoms with Gasteiger partial charge in [-0.15, -0.1) is 0 Å². The monoisotopic (exact) mass is 323 g/mol. The molecule has 1 saturated heterocycles. The van der Waals surface area contributed by atoms with Gasteiger partial charge in [0.1, 0.15) is 6.04 Å². The summed E-state index contributed by atoms with van der Waals surface area (Å²) in [5, 5.41) is 2.84. The van der Waals surface area contributed by atoms with Gasteiger partial charge < -0.3 is 16.0 Å². The highest BCUT2D eigenvalue weighted by Gasteiger charge is 2.32. The van der Waals surface area contributed by atoms with Crippen LogP contribution < -0.4 is 11.1 Å². The molecule has 1 heterocycles. The summed E-state index contributed by atoms with van der Waals surface area (Å²) in [6.07, 6.45) is 0.637. The van der Waals surface area contributed by atoms with Gasteiger partial charge >= 0.3 is 0 Å². The van der Waals surface area contributed by atoms with E-state index in [2.05, 4.69) is 5.32 Å². The van der Waals surface area contributed by atoms with Crippen LogP contribution in [-0.2, 0) is 17.9 Å². The van der Waals surface area contributed by atoms with Gasteiger partial charge in [0.25, 0.3) is 5.91 Å². The summed E-state index contributed by atoms with van der Waals surface area (Å²) in [5.74, 6) is -0.246. The summed E-state index contributed by atoms with van der Waals surface area (Å²) in [6, 6.07) is 16.5. The second-order valence-electron chi connectivity index (χ2n) is 5.96. The number of likely N-dealkylation sites (tertiary alicyclic amines) is 1. The Morgan fingerprint density at radius 2 is 1.79 bits per heavy atom. The lowest BCUT2D eigenvalue weighted by Gasteiger charge is -2.17. The van der Waals surface area contributed by atoms with E-state index >= 15 is 0 Å². The minimum atomic E-state index is -0.449. The van der Waals surface area contributed by atoms with Gasteiger partial charge in [0.2, 0.25) is 5.91 Å². The minimum absolute atomic E-state index is 0.0224. The Bertz CT molecular complexity index is 713. The van der Waals surface area contributed by atoms with Crippen molar-refractivity contribution in [1.82, 2.24) is 10.2 Å². The van der Waals surface area contributed by atoms with Gasteiger partial charge in [-0.05, 0) is 29.7 Å². The normalized spacial score (nSPS) is 17.1. The summed E-state index contributed by atoms with van der Waals surface area (Å²) in [4.78, 5) is 26.6. The lowest BCUT2D eigenvalue weighted by molar-refractivity contribution is -0.129. The fourth-order valence-electron chi connectivity index (χ4n) is 2.87. The molecule has 0 bridgehead atoms. The minimum Gasteiger partial charge on any atom is -0.340 e. The number of carbonyl (C=O) groups excluding carboxylic acids is 2. The predicted molar refractivity (Wildman–Crippen MR) is 92.1 cm³/mol. The molecule has 2 aromatic carbocycles. The molecule has 0 radical (unpaired) electrons. The Hall–Kier alpha value is -2.66. The van der Waals surface area contributed by atoms with Crippen LogP contribution in [0.15, 0.2) is 54.6 Å². The van der Waals surface area contributed by atoms with Crippen LogP contribution in [-0.4, -0.2) is 29.3 Å². The fourth-order valence-corrected chi connectivity index (χ4v) is 2.87. The third-order valence-corrected chi connectivity index (χ3v) is 4.27. The molecule has 1 unspecified atom stereocenters. The van der Waals surface area contributed by atoms with E-state index in [0.717, 1.165) is 11.1 Å². The van der Waals surface area contributed by atoms with Crippen molar-refractivity contribution in [3.05, 3.63) is 71.3 Å². The molecule has 3 N–H and O–H groups in total. The van der Waals surface area contributed by atoms with E-state index in [1.165, 1.54) is 0 Å². The Morgan fingerprint density at radius 1 is 1.08 bits per heavy atom. The van der Waals surface area contributed by atoms with E-state index in [9.17, 15) is 9.59 Å². The molecular formula is C19H21N3O2. The molecule has 0 aliphatic carbocycles. The van der Waals surface area contributed by atoms with Crippen molar-refractivity contribution < 1.29 is 9.59 Å². The smallest absolute Gasteiger partial charge is 0.251 e. The van der Waals surface area contributed by atoms with Gasteiger partial charge in [-0.1, -0.05) is 42.5 Å². The van der Waals surface area contributed by atoms with Crippen LogP contribution in [0.3, 0.4) is 0 Å². The Labute approximate surface area is 141 Å². The highest BCUT2D eigenvalue weighted by Crippen LogP contribution is 2.16. The van der Waals surface area contributed by atoms with Crippen molar-refractivity contribution in [2.45, 2.75) is 25.6 Å². The van der Waals surface area contributed by atoms with Crippen LogP contribution in [0.25, 0.3) is 0 Å². The van der Waals surface area contributed by atoms with Crippen LogP contribution in [0.1, 0.15) is 27.9 Å². The van der Waals surface area contributed by atoms with Gasteiger partial charge in [-0.3, -0.25) is 9.59 Å². The second-order valence-corrected chi connectivity index (χ2v) is 5.96. The first kappa shape index (κ1) is 16.2. The van der Waals surface area contributed by atoms with Crippen molar-refractivity contribution in [1.29, 1.82) is 0 Å². The first-order chi connectivity index (χ1) is 11.7. The maximum Gasteiger partial charge on any atom is 0.251 e. The van der Waals surface area contributed by atoms with Gasteiger partial charge in [0, 0.05) is 25.2 Å². The topological polar surface area (TPSA) is 75.4 Å². The quantitative estimate of drug-likeness (QED) is 0.879. The molecule has 1 fully saturated rings. The number of hydrogen-bond donors (Lipinski definition) is 2. The summed E-state index contributed by atoms with van der Waals surface area (Å²) in [6.45, 7) is 1.68. The van der Waals surface area contributed by atoms with E-state index in [1.807, 2.05) is 42.5 Å². The zero-order valence-corrected chi connectivity index (χ0v) is 13.4. The fraction of sp³-hybridized carbons (Fsp3) is 0.263. The summed E-state index contributed by atoms with van der Waals surface area (Å²) in [7, 11) is 0. The van der Waals surface area contributed by atoms with Crippen LogP contribution in [0.5, 0.6) is 0 Å². The molecule has 1 aliphatic heterocycles. The molecule has 124 valence electrons. The molecule has 3 rings (SSSR count). The Balaban J connectivity index is 1.59. The van der Waals surface area contributed by atoms with E-state index in [-0.39, 0.29) is 11.8 Å². The van der Waals surface area contributed by atoms with Gasteiger partial charge in [0.05, 0.1) is 0 Å². The summed E-state index contributed by atoms with van der Waals surface area (Å²) < 4.78 is 0. The van der Waals surface area contributed by atoms with E-state index in [4.69, 9.17) is 5.73 Å². The van der Waals surface area contributed by atoms with Crippen LogP contribution >= 0.6 is 0 Å². The second kappa shape index (κ2) is 7.27.